The second kappa shape index (κ2) is 6.80. The zero-order chi connectivity index (χ0) is 18.2. The summed E-state index contributed by atoms with van der Waals surface area (Å²) in [6, 6.07) is 1.90. The molecule has 1 aliphatic carbocycles. The number of ether oxygens (including phenoxy) is 1. The summed E-state index contributed by atoms with van der Waals surface area (Å²) in [4.78, 5) is 0. The summed E-state index contributed by atoms with van der Waals surface area (Å²) in [5, 5.41) is 26.7. The van der Waals surface area contributed by atoms with Crippen LogP contribution in [0.15, 0.2) is 11.2 Å². The molecule has 0 radical (unpaired) electrons. The van der Waals surface area contributed by atoms with E-state index in [4.69, 9.17) is 33.1 Å². The van der Waals surface area contributed by atoms with Crippen LogP contribution in [0.3, 0.4) is 0 Å². The first-order valence-corrected chi connectivity index (χ1v) is 8.67. The molecule has 0 amide bonds. The monoisotopic (exact) mass is 383 g/mol. The first-order valence-electron chi connectivity index (χ1n) is 7.92. The second-order valence-electron chi connectivity index (χ2n) is 6.77. The molecule has 9 heteroatoms. The van der Waals surface area contributed by atoms with Crippen LogP contribution in [0.25, 0.3) is 0 Å². The fraction of sp³-hybridized carbons (Fsp3) is 0.500. The quantitative estimate of drug-likeness (QED) is 0.464. The van der Waals surface area contributed by atoms with Gasteiger partial charge >= 0.3 is 0 Å². The van der Waals surface area contributed by atoms with Crippen molar-refractivity contribution in [1.29, 1.82) is 0 Å². The van der Waals surface area contributed by atoms with Crippen LogP contribution >= 0.6 is 23.2 Å². The van der Waals surface area contributed by atoms with Gasteiger partial charge in [-0.15, -0.1) is 15.4 Å². The third kappa shape index (κ3) is 3.06. The SMILES string of the molecule is CC(C)C1(C)Cc2cc(OCc3nn[nH]n3)c(Cl)c(Cl)c2C1/C=N\O. The van der Waals surface area contributed by atoms with E-state index in [0.717, 1.165) is 17.5 Å². The highest BCUT2D eigenvalue weighted by atomic mass is 35.5. The molecule has 7 nitrogen and oxygen atoms in total. The highest BCUT2D eigenvalue weighted by Gasteiger charge is 2.46. The van der Waals surface area contributed by atoms with Crippen molar-refractivity contribution < 1.29 is 9.94 Å². The van der Waals surface area contributed by atoms with E-state index in [1.807, 2.05) is 6.07 Å². The Hall–Kier alpha value is -1.86. The largest absolute Gasteiger partial charge is 0.484 e. The van der Waals surface area contributed by atoms with Gasteiger partial charge in [0.25, 0.3) is 0 Å². The number of fused-ring (bicyclic) bond motifs is 1. The Balaban J connectivity index is 2.00. The van der Waals surface area contributed by atoms with Crippen molar-refractivity contribution in [3.05, 3.63) is 33.1 Å². The van der Waals surface area contributed by atoms with Crippen LogP contribution in [0.2, 0.25) is 10.0 Å². The average molecular weight is 384 g/mol. The van der Waals surface area contributed by atoms with Gasteiger partial charge in [-0.1, -0.05) is 49.2 Å². The van der Waals surface area contributed by atoms with E-state index in [1.54, 1.807) is 0 Å². The Morgan fingerprint density at radius 3 is 2.84 bits per heavy atom. The Morgan fingerprint density at radius 1 is 1.48 bits per heavy atom. The molecule has 1 aromatic carbocycles. The number of halogens is 2. The molecule has 2 atom stereocenters. The lowest BCUT2D eigenvalue weighted by Crippen LogP contribution is -2.29. The molecule has 2 N–H and O–H groups in total. The molecular formula is C16H19Cl2N5O2. The topological polar surface area (TPSA) is 96.3 Å². The second-order valence-corrected chi connectivity index (χ2v) is 7.53. The number of oxime groups is 1. The van der Waals surface area contributed by atoms with E-state index < -0.39 is 0 Å². The zero-order valence-corrected chi connectivity index (χ0v) is 15.6. The number of nitrogens with one attached hydrogen (secondary N) is 1. The Kier molecular flexibility index (Phi) is 4.88. The molecule has 2 aromatic rings. The van der Waals surface area contributed by atoms with E-state index in [-0.39, 0.29) is 17.9 Å². The van der Waals surface area contributed by atoms with Crippen molar-refractivity contribution in [2.45, 2.75) is 39.7 Å². The number of tetrazole rings is 1. The molecule has 1 aliphatic rings. The maximum Gasteiger partial charge on any atom is 0.211 e. The molecule has 0 fully saturated rings. The van der Waals surface area contributed by atoms with Gasteiger partial charge < -0.3 is 9.94 Å². The maximum absolute atomic E-state index is 9.12. The lowest BCUT2D eigenvalue weighted by atomic mass is 9.70. The summed E-state index contributed by atoms with van der Waals surface area (Å²) in [7, 11) is 0. The molecule has 1 heterocycles. The molecule has 0 saturated heterocycles. The van der Waals surface area contributed by atoms with Crippen LogP contribution in [-0.2, 0) is 13.0 Å². The molecular weight excluding hydrogens is 365 g/mol. The molecule has 134 valence electrons. The Morgan fingerprint density at radius 2 is 2.24 bits per heavy atom. The minimum Gasteiger partial charge on any atom is -0.484 e. The van der Waals surface area contributed by atoms with Crippen LogP contribution in [0, 0.1) is 11.3 Å². The van der Waals surface area contributed by atoms with Crippen LogP contribution < -0.4 is 4.74 Å². The summed E-state index contributed by atoms with van der Waals surface area (Å²) in [5.41, 5.74) is 1.81. The van der Waals surface area contributed by atoms with Gasteiger partial charge in [0, 0.05) is 5.92 Å². The Labute approximate surface area is 155 Å². The van der Waals surface area contributed by atoms with Crippen molar-refractivity contribution >= 4 is 29.4 Å². The molecule has 25 heavy (non-hydrogen) atoms. The van der Waals surface area contributed by atoms with Gasteiger partial charge in [0.1, 0.15) is 10.8 Å². The first-order chi connectivity index (χ1) is 11.9. The van der Waals surface area contributed by atoms with Gasteiger partial charge in [0.2, 0.25) is 5.82 Å². The van der Waals surface area contributed by atoms with Crippen LogP contribution in [-0.4, -0.2) is 32.0 Å². The number of H-pyrrole nitrogens is 1. The first kappa shape index (κ1) is 17.9. The summed E-state index contributed by atoms with van der Waals surface area (Å²) < 4.78 is 5.73. The van der Waals surface area contributed by atoms with Crippen molar-refractivity contribution in [3.63, 3.8) is 0 Å². The van der Waals surface area contributed by atoms with Crippen LogP contribution in [0.1, 0.15) is 43.6 Å². The van der Waals surface area contributed by atoms with E-state index in [1.165, 1.54) is 6.21 Å². The predicted octanol–water partition coefficient (Wildman–Crippen LogP) is 3.85. The summed E-state index contributed by atoms with van der Waals surface area (Å²) in [6.07, 6.45) is 2.32. The molecule has 0 aliphatic heterocycles. The molecule has 0 spiro atoms. The van der Waals surface area contributed by atoms with Gasteiger partial charge in [0.05, 0.1) is 11.2 Å². The number of nitrogens with zero attached hydrogens (tertiary/aromatic N) is 4. The van der Waals surface area contributed by atoms with E-state index in [2.05, 4.69) is 46.6 Å². The molecule has 1 aromatic heterocycles. The van der Waals surface area contributed by atoms with Crippen molar-refractivity contribution in [2.24, 2.45) is 16.5 Å². The zero-order valence-electron chi connectivity index (χ0n) is 14.1. The predicted molar refractivity (Wildman–Crippen MR) is 94.6 cm³/mol. The van der Waals surface area contributed by atoms with Crippen molar-refractivity contribution in [2.75, 3.05) is 0 Å². The van der Waals surface area contributed by atoms with Crippen LogP contribution in [0.4, 0.5) is 0 Å². The minimum atomic E-state index is -0.131. The highest BCUT2D eigenvalue weighted by Crippen LogP contribution is 2.55. The number of hydrogen-bond donors (Lipinski definition) is 2. The van der Waals surface area contributed by atoms with Crippen LogP contribution in [0.5, 0.6) is 5.75 Å². The number of hydrogen-bond acceptors (Lipinski definition) is 6. The summed E-state index contributed by atoms with van der Waals surface area (Å²) in [5.74, 6) is 1.12. The third-order valence-electron chi connectivity index (χ3n) is 5.17. The average Bonchev–Trinajstić information content (AvgIpc) is 3.17. The van der Waals surface area contributed by atoms with Gasteiger partial charge in [-0.25, -0.2) is 0 Å². The summed E-state index contributed by atoms with van der Waals surface area (Å²) >= 11 is 13.0. The normalized spacial score (nSPS) is 22.7. The van der Waals surface area contributed by atoms with E-state index in [9.17, 15) is 0 Å². The smallest absolute Gasteiger partial charge is 0.211 e. The molecule has 0 saturated carbocycles. The molecule has 2 unspecified atom stereocenters. The number of benzene rings is 1. The fourth-order valence-electron chi connectivity index (χ4n) is 3.36. The molecule has 3 rings (SSSR count). The number of rotatable bonds is 5. The summed E-state index contributed by atoms with van der Waals surface area (Å²) in [6.45, 7) is 6.59. The van der Waals surface area contributed by atoms with Gasteiger partial charge in [-0.2, -0.15) is 5.21 Å². The lowest BCUT2D eigenvalue weighted by Gasteiger charge is -2.33. The Bertz CT molecular complexity index is 794. The van der Waals surface area contributed by atoms with Crippen molar-refractivity contribution in [1.82, 2.24) is 20.6 Å². The molecule has 0 bridgehead atoms. The van der Waals surface area contributed by atoms with Gasteiger partial charge in [-0.3, -0.25) is 0 Å². The van der Waals surface area contributed by atoms with Gasteiger partial charge in [0.15, 0.2) is 6.61 Å². The minimum absolute atomic E-state index is 0.122. The van der Waals surface area contributed by atoms with Gasteiger partial charge in [-0.05, 0) is 34.9 Å². The lowest BCUT2D eigenvalue weighted by molar-refractivity contribution is 0.217. The maximum atomic E-state index is 9.12. The fourth-order valence-corrected chi connectivity index (χ4v) is 3.91. The van der Waals surface area contributed by atoms with E-state index >= 15 is 0 Å². The third-order valence-corrected chi connectivity index (χ3v) is 6.03. The highest BCUT2D eigenvalue weighted by molar-refractivity contribution is 6.43. The van der Waals surface area contributed by atoms with Crippen molar-refractivity contribution in [3.8, 4) is 5.75 Å². The van der Waals surface area contributed by atoms with E-state index in [0.29, 0.717) is 27.5 Å². The number of aromatic amines is 1. The standard InChI is InChI=1S/C16H19Cl2N5O2/c1-8(2)16(3)5-9-4-11(25-7-12-20-22-23-21-12)14(17)15(18)13(9)10(16)6-19-24/h4,6,8,10,24H,5,7H2,1-3H3,(H,20,21,22,23)/b19-6-. The number of aromatic nitrogens is 4.